The first-order valence-electron chi connectivity index (χ1n) is 12.7. The van der Waals surface area contributed by atoms with Crippen LogP contribution in [0.25, 0.3) is 17.2 Å². The molecule has 0 heterocycles. The Morgan fingerprint density at radius 2 is 1.37 bits per heavy atom. The van der Waals surface area contributed by atoms with E-state index in [1.165, 1.54) is 27.8 Å². The number of rotatable bonds is 4. The molecule has 0 nitrogen and oxygen atoms in total. The van der Waals surface area contributed by atoms with Crippen LogP contribution in [0.5, 0.6) is 0 Å². The summed E-state index contributed by atoms with van der Waals surface area (Å²) in [6.07, 6.45) is 2.55. The van der Waals surface area contributed by atoms with Crippen molar-refractivity contribution >= 4 is 14.1 Å². The van der Waals surface area contributed by atoms with Crippen molar-refractivity contribution in [3.63, 3.8) is 0 Å². The molecule has 0 radical (unpaired) electrons. The van der Waals surface area contributed by atoms with E-state index in [0.717, 1.165) is 0 Å². The van der Waals surface area contributed by atoms with Crippen LogP contribution in [0.2, 0.25) is 18.6 Å². The predicted molar refractivity (Wildman–Crippen MR) is 153 cm³/mol. The Hall–Kier alpha value is -2.12. The Bertz CT molecular complexity index is 1190. The topological polar surface area (TPSA) is 0 Å². The van der Waals surface area contributed by atoms with Crippen molar-refractivity contribution in [1.29, 1.82) is 0 Å². The van der Waals surface area contributed by atoms with E-state index in [1.807, 2.05) is 30.3 Å². The zero-order chi connectivity index (χ0) is 24.6. The zero-order valence-electron chi connectivity index (χ0n) is 22.6. The summed E-state index contributed by atoms with van der Waals surface area (Å²) in [7, 11) is -1.72. The van der Waals surface area contributed by atoms with Crippen molar-refractivity contribution in [1.82, 2.24) is 0 Å². The molecule has 2 aliphatic carbocycles. The molecule has 2 heteroatoms. The van der Waals surface area contributed by atoms with Crippen molar-refractivity contribution in [3.05, 3.63) is 112 Å². The number of allylic oxidation sites excluding steroid dienone is 5. The second-order valence-corrected chi connectivity index (χ2v) is 15.8. The molecule has 3 aromatic carbocycles. The first-order valence-corrected chi connectivity index (χ1v) is 15.9. The molecule has 0 amide bonds. The fraction of sp³-hybridized carbons (Fsp3) is 0.333. The number of hydrogen-bond acceptors (Lipinski definition) is 0. The molecule has 0 saturated carbocycles. The third kappa shape index (κ3) is 4.94. The van der Waals surface area contributed by atoms with Gasteiger partial charge in [-0.1, -0.05) is 78.6 Å². The molecule has 5 rings (SSSR count). The molecule has 0 fully saturated rings. The minimum Gasteiger partial charge on any atom is -0.214 e. The third-order valence-electron chi connectivity index (χ3n) is 8.39. The van der Waals surface area contributed by atoms with Crippen LogP contribution in [-0.2, 0) is 17.1 Å². The second-order valence-electron chi connectivity index (χ2n) is 11.0. The third-order valence-corrected chi connectivity index (χ3v) is 12.9. The molecule has 0 N–H and O–H groups in total. The van der Waals surface area contributed by atoms with Gasteiger partial charge in [-0.3, -0.25) is 0 Å². The summed E-state index contributed by atoms with van der Waals surface area (Å²) in [6.45, 7) is 19.5. The summed E-state index contributed by atoms with van der Waals surface area (Å²) < 4.78 is 0. The average molecular weight is 521 g/mol. The minimum absolute atomic E-state index is 0. The molecule has 0 aromatic heterocycles. The van der Waals surface area contributed by atoms with Gasteiger partial charge in [0.05, 0.1) is 8.07 Å². The van der Waals surface area contributed by atoms with Gasteiger partial charge in [0, 0.05) is 0 Å². The van der Waals surface area contributed by atoms with E-state index in [1.54, 1.807) is 22.3 Å². The first-order chi connectivity index (χ1) is 16.2. The summed E-state index contributed by atoms with van der Waals surface area (Å²) in [5.74, 6) is 0.573. The van der Waals surface area contributed by atoms with Gasteiger partial charge in [-0.2, -0.15) is 30.3 Å². The van der Waals surface area contributed by atoms with Crippen molar-refractivity contribution < 1.29 is 17.1 Å². The SMILES string of the molecule is CC1=C(C)C([Si](C)(C)C2C(C(C)C)=Cc3c(-[c-]4cccc4)cccc32)C(C)=C1C.[Fe+2].c1cc[cH-]c1. The van der Waals surface area contributed by atoms with E-state index in [-0.39, 0.29) is 17.1 Å². The maximum atomic E-state index is 2.64. The molecule has 184 valence electrons. The van der Waals surface area contributed by atoms with Gasteiger partial charge in [0.2, 0.25) is 0 Å². The quantitative estimate of drug-likeness (QED) is 0.237. The van der Waals surface area contributed by atoms with E-state index in [2.05, 4.69) is 103 Å². The van der Waals surface area contributed by atoms with Crippen LogP contribution in [-0.4, -0.2) is 8.07 Å². The largest absolute Gasteiger partial charge is 2.00 e. The van der Waals surface area contributed by atoms with Crippen LogP contribution in [0.4, 0.5) is 0 Å². The van der Waals surface area contributed by atoms with Gasteiger partial charge in [0.1, 0.15) is 0 Å². The van der Waals surface area contributed by atoms with Gasteiger partial charge < -0.3 is 0 Å². The maximum Gasteiger partial charge on any atom is 2.00 e. The number of fused-ring (bicyclic) bond motifs is 1. The normalized spacial score (nSPS) is 17.9. The second kappa shape index (κ2) is 10.9. The number of benzene rings is 1. The van der Waals surface area contributed by atoms with Crippen molar-refractivity contribution in [2.24, 2.45) is 5.92 Å². The fourth-order valence-corrected chi connectivity index (χ4v) is 11.8. The predicted octanol–water partition coefficient (Wildman–Crippen LogP) is 9.92. The van der Waals surface area contributed by atoms with Gasteiger partial charge in [-0.15, -0.1) is 23.8 Å². The summed E-state index contributed by atoms with van der Waals surface area (Å²) in [4.78, 5) is 0. The van der Waals surface area contributed by atoms with Gasteiger partial charge in [-0.25, -0.2) is 12.1 Å². The fourth-order valence-electron chi connectivity index (χ4n) is 6.51. The van der Waals surface area contributed by atoms with Gasteiger partial charge in [0.25, 0.3) is 0 Å². The van der Waals surface area contributed by atoms with Crippen LogP contribution in [0.3, 0.4) is 0 Å². The van der Waals surface area contributed by atoms with Crippen molar-refractivity contribution in [2.45, 2.75) is 65.7 Å². The van der Waals surface area contributed by atoms with Crippen LogP contribution in [0.15, 0.2) is 101 Å². The Labute approximate surface area is 225 Å². The van der Waals surface area contributed by atoms with Crippen LogP contribution in [0, 0.1) is 5.92 Å². The standard InChI is InChI=1S/C28H35Si.C5H5.Fe/c1-17(2)25-16-26-23(22-12-9-10-13-22)14-11-15-24(26)28(25)29(7,8)27-20(5)18(3)19(4)21(27)6;1-2-4-5-3-1;/h9-17,27-28H,1-8H3;1-5H;/q2*-1;+2. The van der Waals surface area contributed by atoms with E-state index in [4.69, 9.17) is 0 Å². The van der Waals surface area contributed by atoms with Crippen molar-refractivity contribution in [2.75, 3.05) is 0 Å². The van der Waals surface area contributed by atoms with Gasteiger partial charge in [-0.05, 0) is 55.8 Å². The maximum absolute atomic E-state index is 2.64. The molecule has 35 heavy (non-hydrogen) atoms. The molecular weight excluding hydrogens is 480 g/mol. The first kappa shape index (κ1) is 27.5. The van der Waals surface area contributed by atoms with Crippen molar-refractivity contribution in [3.8, 4) is 11.1 Å². The molecule has 0 bridgehead atoms. The zero-order valence-corrected chi connectivity index (χ0v) is 24.7. The van der Waals surface area contributed by atoms with Gasteiger partial charge >= 0.3 is 17.1 Å². The van der Waals surface area contributed by atoms with E-state index in [0.29, 0.717) is 17.0 Å². The summed E-state index contributed by atoms with van der Waals surface area (Å²) in [5, 5.41) is 0. The minimum atomic E-state index is -1.72. The Kier molecular flexibility index (Phi) is 8.53. The molecule has 0 aliphatic heterocycles. The Morgan fingerprint density at radius 3 is 1.86 bits per heavy atom. The molecule has 1 unspecified atom stereocenters. The Balaban J connectivity index is 0.000000509. The molecule has 0 spiro atoms. The van der Waals surface area contributed by atoms with E-state index < -0.39 is 8.07 Å². The molecule has 0 saturated heterocycles. The van der Waals surface area contributed by atoms with E-state index in [9.17, 15) is 0 Å². The summed E-state index contributed by atoms with van der Waals surface area (Å²) in [5.41, 5.74) is 15.0. The van der Waals surface area contributed by atoms with Crippen LogP contribution < -0.4 is 0 Å². The van der Waals surface area contributed by atoms with Gasteiger partial charge in [0.15, 0.2) is 0 Å². The van der Waals surface area contributed by atoms with E-state index >= 15 is 0 Å². The Morgan fingerprint density at radius 1 is 0.800 bits per heavy atom. The monoisotopic (exact) mass is 520 g/mol. The summed E-state index contributed by atoms with van der Waals surface area (Å²) >= 11 is 0. The molecular formula is C33H40FeSi. The van der Waals surface area contributed by atoms with Crippen LogP contribution in [0.1, 0.15) is 58.2 Å². The molecule has 1 atom stereocenters. The number of hydrogen-bond donors (Lipinski definition) is 0. The molecule has 2 aliphatic rings. The smallest absolute Gasteiger partial charge is 0.214 e. The molecule has 3 aromatic rings. The average Bonchev–Trinajstić information content (AvgIpc) is 3.60. The summed E-state index contributed by atoms with van der Waals surface area (Å²) in [6, 6.07) is 25.8. The van der Waals surface area contributed by atoms with Crippen LogP contribution >= 0.6 is 0 Å².